The van der Waals surface area contributed by atoms with Crippen LogP contribution >= 0.6 is 11.8 Å². The molecule has 0 unspecified atom stereocenters. The number of benzene rings is 3. The van der Waals surface area contributed by atoms with E-state index < -0.39 is 4.92 Å². The Kier molecular flexibility index (Phi) is 6.28. The molecular weight excluding hydrogens is 412 g/mol. The van der Waals surface area contributed by atoms with Gasteiger partial charge in [0.15, 0.2) is 5.16 Å². The number of para-hydroxylation sites is 1. The van der Waals surface area contributed by atoms with Crippen molar-refractivity contribution in [3.05, 3.63) is 94.0 Å². The summed E-state index contributed by atoms with van der Waals surface area (Å²) >= 11 is 1.49. The number of hydrogen-bond donors (Lipinski definition) is 1. The van der Waals surface area contributed by atoms with Crippen molar-refractivity contribution in [3.63, 3.8) is 0 Å². The van der Waals surface area contributed by atoms with Gasteiger partial charge in [0.25, 0.3) is 5.69 Å². The molecular formula is C23H20N4O3S. The Balaban J connectivity index is 1.51. The number of anilines is 1. The zero-order valence-corrected chi connectivity index (χ0v) is 17.6. The Hall–Kier alpha value is -3.65. The van der Waals surface area contributed by atoms with Crippen LogP contribution in [0, 0.1) is 10.1 Å². The highest BCUT2D eigenvalue weighted by molar-refractivity contribution is 7.98. The van der Waals surface area contributed by atoms with Crippen molar-refractivity contribution in [2.24, 2.45) is 0 Å². The Morgan fingerprint density at radius 2 is 1.68 bits per heavy atom. The van der Waals surface area contributed by atoms with E-state index in [1.807, 2.05) is 48.5 Å². The third-order valence-electron chi connectivity index (χ3n) is 4.72. The fourth-order valence-electron chi connectivity index (χ4n) is 3.05. The molecule has 4 rings (SSSR count). The van der Waals surface area contributed by atoms with Crippen LogP contribution in [-0.4, -0.2) is 22.0 Å². The van der Waals surface area contributed by atoms with Gasteiger partial charge >= 0.3 is 0 Å². The lowest BCUT2D eigenvalue weighted by atomic mass is 10.2. The molecule has 0 amide bonds. The number of ether oxygens (including phenoxy) is 1. The summed E-state index contributed by atoms with van der Waals surface area (Å²) in [6.45, 7) is 0.622. The molecule has 156 valence electrons. The van der Waals surface area contributed by atoms with Crippen LogP contribution in [0.3, 0.4) is 0 Å². The highest BCUT2D eigenvalue weighted by atomic mass is 32.2. The van der Waals surface area contributed by atoms with E-state index in [4.69, 9.17) is 9.72 Å². The van der Waals surface area contributed by atoms with Gasteiger partial charge in [-0.25, -0.2) is 9.97 Å². The van der Waals surface area contributed by atoms with Crippen LogP contribution in [-0.2, 0) is 12.3 Å². The maximum Gasteiger partial charge on any atom is 0.269 e. The van der Waals surface area contributed by atoms with Crippen molar-refractivity contribution < 1.29 is 9.66 Å². The fraction of sp³-hybridized carbons (Fsp3) is 0.130. The molecule has 4 aromatic rings. The molecule has 0 fully saturated rings. The van der Waals surface area contributed by atoms with Gasteiger partial charge in [-0.05, 0) is 35.4 Å². The van der Waals surface area contributed by atoms with Crippen LogP contribution in [0.25, 0.3) is 10.9 Å². The van der Waals surface area contributed by atoms with Gasteiger partial charge in [-0.3, -0.25) is 10.1 Å². The molecule has 0 aliphatic heterocycles. The van der Waals surface area contributed by atoms with Crippen molar-refractivity contribution in [2.45, 2.75) is 17.5 Å². The van der Waals surface area contributed by atoms with E-state index in [1.54, 1.807) is 19.2 Å². The van der Waals surface area contributed by atoms with Gasteiger partial charge in [0.1, 0.15) is 11.6 Å². The molecule has 0 aliphatic rings. The number of nitro benzene ring substituents is 1. The first-order chi connectivity index (χ1) is 15.1. The molecule has 0 atom stereocenters. The largest absolute Gasteiger partial charge is 0.497 e. The number of nitrogens with zero attached hydrogens (tertiary/aromatic N) is 3. The molecule has 1 N–H and O–H groups in total. The summed E-state index contributed by atoms with van der Waals surface area (Å²) in [5.74, 6) is 2.21. The van der Waals surface area contributed by atoms with Gasteiger partial charge < -0.3 is 10.1 Å². The van der Waals surface area contributed by atoms with E-state index in [0.29, 0.717) is 17.5 Å². The lowest BCUT2D eigenvalue weighted by Gasteiger charge is -2.11. The number of fused-ring (bicyclic) bond motifs is 1. The van der Waals surface area contributed by atoms with E-state index in [1.165, 1.54) is 23.9 Å². The van der Waals surface area contributed by atoms with Gasteiger partial charge in [-0.2, -0.15) is 0 Å². The summed E-state index contributed by atoms with van der Waals surface area (Å²) in [6.07, 6.45) is 0. The highest BCUT2D eigenvalue weighted by Gasteiger charge is 2.10. The number of nitrogens with one attached hydrogen (secondary N) is 1. The van der Waals surface area contributed by atoms with Crippen LogP contribution in [0.1, 0.15) is 11.1 Å². The average molecular weight is 433 g/mol. The van der Waals surface area contributed by atoms with E-state index >= 15 is 0 Å². The predicted molar refractivity (Wildman–Crippen MR) is 123 cm³/mol. The molecule has 0 spiro atoms. The number of thioether (sulfide) groups is 1. The van der Waals surface area contributed by atoms with Crippen LogP contribution < -0.4 is 10.1 Å². The van der Waals surface area contributed by atoms with Crippen molar-refractivity contribution in [1.29, 1.82) is 0 Å². The topological polar surface area (TPSA) is 90.2 Å². The standard InChI is InChI=1S/C23H20N4O3S/c1-30-19-12-8-16(9-13-19)14-24-22-20-4-2-3-5-21(20)25-23(26-22)31-15-17-6-10-18(11-7-17)27(28)29/h2-13H,14-15H2,1H3,(H,24,25,26). The summed E-state index contributed by atoms with van der Waals surface area (Å²) < 4.78 is 5.21. The monoisotopic (exact) mass is 432 g/mol. The molecule has 3 aromatic carbocycles. The molecule has 0 radical (unpaired) electrons. The first kappa shape index (κ1) is 20.6. The molecule has 0 saturated heterocycles. The maximum absolute atomic E-state index is 10.8. The van der Waals surface area contributed by atoms with Crippen LogP contribution in [0.15, 0.2) is 78.0 Å². The lowest BCUT2D eigenvalue weighted by molar-refractivity contribution is -0.384. The molecule has 1 heterocycles. The molecule has 1 aromatic heterocycles. The number of hydrogen-bond acceptors (Lipinski definition) is 7. The van der Waals surface area contributed by atoms with Crippen LogP contribution in [0.4, 0.5) is 11.5 Å². The predicted octanol–water partition coefficient (Wildman–Crippen LogP) is 5.45. The maximum atomic E-state index is 10.8. The van der Waals surface area contributed by atoms with Crippen molar-refractivity contribution >= 4 is 34.2 Å². The minimum atomic E-state index is -0.399. The molecule has 7 nitrogen and oxygen atoms in total. The normalized spacial score (nSPS) is 10.7. The summed E-state index contributed by atoms with van der Waals surface area (Å²) in [6, 6.07) is 22.3. The molecule has 0 aliphatic carbocycles. The van der Waals surface area contributed by atoms with Crippen molar-refractivity contribution in [2.75, 3.05) is 12.4 Å². The zero-order valence-electron chi connectivity index (χ0n) is 16.8. The van der Waals surface area contributed by atoms with Gasteiger partial charge in [-0.1, -0.05) is 48.2 Å². The first-order valence-corrected chi connectivity index (χ1v) is 10.6. The van der Waals surface area contributed by atoms with E-state index in [9.17, 15) is 10.1 Å². The SMILES string of the molecule is COc1ccc(CNc2nc(SCc3ccc([N+](=O)[O-])cc3)nc3ccccc23)cc1. The first-order valence-electron chi connectivity index (χ1n) is 9.62. The molecule has 8 heteroatoms. The number of nitro groups is 1. The van der Waals surface area contributed by atoms with E-state index in [0.717, 1.165) is 33.6 Å². The molecule has 31 heavy (non-hydrogen) atoms. The number of non-ortho nitro benzene ring substituents is 1. The number of rotatable bonds is 8. The summed E-state index contributed by atoms with van der Waals surface area (Å²) in [5, 5.41) is 15.8. The highest BCUT2D eigenvalue weighted by Crippen LogP contribution is 2.27. The van der Waals surface area contributed by atoms with E-state index in [-0.39, 0.29) is 5.69 Å². The molecule has 0 saturated carbocycles. The van der Waals surface area contributed by atoms with Gasteiger partial charge in [0.05, 0.1) is 17.5 Å². The lowest BCUT2D eigenvalue weighted by Crippen LogP contribution is -2.04. The Morgan fingerprint density at radius 1 is 0.968 bits per heavy atom. The second-order valence-electron chi connectivity index (χ2n) is 6.79. The van der Waals surface area contributed by atoms with E-state index in [2.05, 4.69) is 10.3 Å². The number of methoxy groups -OCH3 is 1. The summed E-state index contributed by atoms with van der Waals surface area (Å²) in [7, 11) is 1.65. The van der Waals surface area contributed by atoms with Crippen molar-refractivity contribution in [3.8, 4) is 5.75 Å². The van der Waals surface area contributed by atoms with Crippen LogP contribution in [0.2, 0.25) is 0 Å². The third-order valence-corrected chi connectivity index (χ3v) is 5.64. The van der Waals surface area contributed by atoms with Gasteiger partial charge in [-0.15, -0.1) is 0 Å². The second kappa shape index (κ2) is 9.44. The summed E-state index contributed by atoms with van der Waals surface area (Å²) in [4.78, 5) is 19.8. The summed E-state index contributed by atoms with van der Waals surface area (Å²) in [5.41, 5.74) is 3.03. The van der Waals surface area contributed by atoms with Crippen LogP contribution in [0.5, 0.6) is 5.75 Å². The third kappa shape index (κ3) is 5.10. The second-order valence-corrected chi connectivity index (χ2v) is 7.73. The zero-order chi connectivity index (χ0) is 21.6. The number of aromatic nitrogens is 2. The Labute approximate surface area is 183 Å². The molecule has 0 bridgehead atoms. The minimum Gasteiger partial charge on any atom is -0.497 e. The smallest absolute Gasteiger partial charge is 0.269 e. The fourth-order valence-corrected chi connectivity index (χ4v) is 3.85. The quantitative estimate of drug-likeness (QED) is 0.171. The van der Waals surface area contributed by atoms with Gasteiger partial charge in [0, 0.05) is 29.8 Å². The Bertz CT molecular complexity index is 1200. The van der Waals surface area contributed by atoms with Crippen molar-refractivity contribution in [1.82, 2.24) is 9.97 Å². The average Bonchev–Trinajstić information content (AvgIpc) is 2.81. The van der Waals surface area contributed by atoms with Gasteiger partial charge in [0.2, 0.25) is 0 Å². The Morgan fingerprint density at radius 3 is 2.39 bits per heavy atom. The minimum absolute atomic E-state index is 0.0840.